The summed E-state index contributed by atoms with van der Waals surface area (Å²) < 4.78 is 0.799. The number of rotatable bonds is 3. The molecule has 37 heavy (non-hydrogen) atoms. The Hall–Kier alpha value is -3.20. The predicted octanol–water partition coefficient (Wildman–Crippen LogP) is 3.80. The molecule has 2 atom stereocenters. The number of carbonyl (C=O) groups is 4. The van der Waals surface area contributed by atoms with Gasteiger partial charge in [-0.3, -0.25) is 34.9 Å². The molecule has 2 bridgehead atoms. The molecule has 3 aromatic rings. The van der Waals surface area contributed by atoms with E-state index in [-0.39, 0.29) is 0 Å². The van der Waals surface area contributed by atoms with E-state index in [9.17, 15) is 19.2 Å². The van der Waals surface area contributed by atoms with Gasteiger partial charge in [-0.2, -0.15) is 0 Å². The second-order valence-electron chi connectivity index (χ2n) is 9.24. The van der Waals surface area contributed by atoms with Crippen LogP contribution in [-0.2, 0) is 24.1 Å². The van der Waals surface area contributed by atoms with Crippen LogP contribution >= 0.6 is 39.1 Å². The smallest absolute Gasteiger partial charge is 0.269 e. The number of hydrogen-bond donors (Lipinski definition) is 2. The van der Waals surface area contributed by atoms with Crippen molar-refractivity contribution in [1.82, 2.24) is 15.8 Å². The van der Waals surface area contributed by atoms with Gasteiger partial charge in [0.2, 0.25) is 11.8 Å². The first-order valence-electron chi connectivity index (χ1n) is 11.5. The molecule has 1 fully saturated rings. The number of halogens is 3. The van der Waals surface area contributed by atoms with Crippen LogP contribution in [0.1, 0.15) is 32.6 Å². The van der Waals surface area contributed by atoms with Crippen molar-refractivity contribution >= 4 is 62.8 Å². The van der Waals surface area contributed by atoms with E-state index >= 15 is 0 Å². The van der Waals surface area contributed by atoms with Crippen LogP contribution in [-0.4, -0.2) is 35.1 Å². The number of imide groups is 1. The van der Waals surface area contributed by atoms with Crippen molar-refractivity contribution in [2.45, 2.75) is 9.75 Å². The van der Waals surface area contributed by atoms with Crippen LogP contribution in [0.25, 0.3) is 0 Å². The molecule has 1 aliphatic heterocycles. The molecule has 3 aliphatic carbocycles. The summed E-state index contributed by atoms with van der Waals surface area (Å²) in [6.07, 6.45) is 0. The molecule has 186 valence electrons. The molecule has 4 amide bonds. The summed E-state index contributed by atoms with van der Waals surface area (Å²) in [6, 6.07) is 21.1. The molecule has 10 heteroatoms. The third kappa shape index (κ3) is 3.25. The molecular weight excluding hydrogens is 581 g/mol. The van der Waals surface area contributed by atoms with Crippen LogP contribution in [0.5, 0.6) is 0 Å². The quantitative estimate of drug-likeness (QED) is 0.272. The number of hydrazine groups is 1. The van der Waals surface area contributed by atoms with Gasteiger partial charge >= 0.3 is 0 Å². The summed E-state index contributed by atoms with van der Waals surface area (Å²) in [5.74, 6) is -4.41. The van der Waals surface area contributed by atoms with Gasteiger partial charge in [-0.25, -0.2) is 0 Å². The second-order valence-corrected chi connectivity index (χ2v) is 11.3. The third-order valence-electron chi connectivity index (χ3n) is 7.40. The van der Waals surface area contributed by atoms with E-state index in [1.54, 1.807) is 24.3 Å². The molecule has 4 aliphatic rings. The fourth-order valence-corrected chi connectivity index (χ4v) is 7.23. The monoisotopic (exact) mass is 597 g/mol. The number of hydrogen-bond acceptors (Lipinski definition) is 4. The van der Waals surface area contributed by atoms with E-state index in [0.717, 1.165) is 9.37 Å². The Bertz CT molecular complexity index is 1390. The first-order chi connectivity index (χ1) is 17.7. The van der Waals surface area contributed by atoms with Gasteiger partial charge in [0.15, 0.2) is 0 Å². The molecule has 0 saturated carbocycles. The number of likely N-dealkylation sites (tertiary alicyclic amines) is 1. The van der Waals surface area contributed by atoms with Crippen LogP contribution in [0.15, 0.2) is 77.3 Å². The molecule has 1 heterocycles. The highest BCUT2D eigenvalue weighted by Crippen LogP contribution is 2.69. The Morgan fingerprint density at radius 2 is 1.19 bits per heavy atom. The number of amides is 4. The zero-order valence-corrected chi connectivity index (χ0v) is 22.1. The van der Waals surface area contributed by atoms with Crippen LogP contribution in [0.3, 0.4) is 0 Å². The van der Waals surface area contributed by atoms with Gasteiger partial charge in [-0.05, 0) is 46.5 Å². The number of carbonyl (C=O) groups excluding carboxylic acids is 4. The SMILES string of the molecule is O=C(CN1C(=O)[C@H]2[C@H](C1=O)C1(Cl)c3ccccc3C2(Cl)c2ccccc21)NNC(=O)c1ccc(Br)cc1. The van der Waals surface area contributed by atoms with E-state index in [1.807, 2.05) is 48.5 Å². The molecule has 0 aromatic heterocycles. The molecular formula is C27H18BrCl2N3O4. The summed E-state index contributed by atoms with van der Waals surface area (Å²) in [7, 11) is 0. The molecule has 2 N–H and O–H groups in total. The number of alkyl halides is 2. The van der Waals surface area contributed by atoms with E-state index in [2.05, 4.69) is 26.8 Å². The van der Waals surface area contributed by atoms with Crippen LogP contribution in [0.2, 0.25) is 0 Å². The molecule has 7 nitrogen and oxygen atoms in total. The highest BCUT2D eigenvalue weighted by molar-refractivity contribution is 9.10. The standard InChI is InChI=1S/C27H18BrCl2N3O4/c28-15-11-9-14(10-12-15)23(35)32-31-20(34)13-33-24(36)21-22(25(33)37)27(30)17-6-2-1-5-16(17)26(21,29)18-7-3-4-8-19(18)27/h1-12,21-22H,13H2,(H,31,34)(H,32,35)/t21-,22-,26?,27?/m1/s1. The summed E-state index contributed by atoms with van der Waals surface area (Å²) in [5, 5.41) is 0. The van der Waals surface area contributed by atoms with Crippen LogP contribution < -0.4 is 10.9 Å². The van der Waals surface area contributed by atoms with Crippen molar-refractivity contribution < 1.29 is 19.2 Å². The Morgan fingerprint density at radius 3 is 1.62 bits per heavy atom. The average Bonchev–Trinajstić information content (AvgIpc) is 3.16. The highest BCUT2D eigenvalue weighted by atomic mass is 79.9. The van der Waals surface area contributed by atoms with E-state index in [0.29, 0.717) is 27.8 Å². The molecule has 0 unspecified atom stereocenters. The van der Waals surface area contributed by atoms with Gasteiger partial charge in [-0.15, -0.1) is 23.2 Å². The van der Waals surface area contributed by atoms with Crippen molar-refractivity contribution in [3.8, 4) is 0 Å². The molecule has 1 saturated heterocycles. The lowest BCUT2D eigenvalue weighted by molar-refractivity contribution is -0.143. The maximum Gasteiger partial charge on any atom is 0.269 e. The fourth-order valence-electron chi connectivity index (χ4n) is 5.86. The van der Waals surface area contributed by atoms with Crippen molar-refractivity contribution in [2.24, 2.45) is 11.8 Å². The Kier molecular flexibility index (Phi) is 5.49. The summed E-state index contributed by atoms with van der Waals surface area (Å²) in [4.78, 5) is 50.8. The maximum absolute atomic E-state index is 13.7. The van der Waals surface area contributed by atoms with Gasteiger partial charge in [0, 0.05) is 10.0 Å². The molecule has 0 spiro atoms. The fraction of sp³-hybridized carbons (Fsp3) is 0.185. The maximum atomic E-state index is 13.7. The summed E-state index contributed by atoms with van der Waals surface area (Å²) in [6.45, 7) is -0.585. The van der Waals surface area contributed by atoms with E-state index in [1.165, 1.54) is 0 Å². The van der Waals surface area contributed by atoms with Crippen LogP contribution in [0.4, 0.5) is 0 Å². The second kappa shape index (κ2) is 8.41. The topological polar surface area (TPSA) is 95.6 Å². The zero-order chi connectivity index (χ0) is 26.1. The minimum absolute atomic E-state index is 0.322. The van der Waals surface area contributed by atoms with Crippen molar-refractivity contribution in [3.05, 3.63) is 105 Å². The number of nitrogens with zero attached hydrogens (tertiary/aromatic N) is 1. The summed E-state index contributed by atoms with van der Waals surface area (Å²) in [5.41, 5.74) is 7.62. The average molecular weight is 599 g/mol. The first kappa shape index (κ1) is 24.2. The Morgan fingerprint density at radius 1 is 0.757 bits per heavy atom. The molecule has 0 radical (unpaired) electrons. The largest absolute Gasteiger partial charge is 0.274 e. The van der Waals surface area contributed by atoms with Crippen molar-refractivity contribution in [2.75, 3.05) is 6.54 Å². The lowest BCUT2D eigenvalue weighted by Gasteiger charge is -2.54. The first-order valence-corrected chi connectivity index (χ1v) is 13.0. The lowest BCUT2D eigenvalue weighted by Crippen LogP contribution is -2.57. The number of benzene rings is 3. The van der Waals surface area contributed by atoms with Gasteiger partial charge in [0.25, 0.3) is 11.8 Å². The summed E-state index contributed by atoms with van der Waals surface area (Å²) >= 11 is 18.0. The third-order valence-corrected chi connectivity index (χ3v) is 9.21. The van der Waals surface area contributed by atoms with Gasteiger partial charge < -0.3 is 0 Å². The number of nitrogens with one attached hydrogen (secondary N) is 2. The van der Waals surface area contributed by atoms with Gasteiger partial charge in [-0.1, -0.05) is 64.5 Å². The predicted molar refractivity (Wildman–Crippen MR) is 140 cm³/mol. The lowest BCUT2D eigenvalue weighted by atomic mass is 9.54. The van der Waals surface area contributed by atoms with Crippen LogP contribution in [0, 0.1) is 11.8 Å². The molecule has 7 rings (SSSR count). The normalized spacial score (nSPS) is 26.8. The Balaban J connectivity index is 1.30. The van der Waals surface area contributed by atoms with E-state index in [4.69, 9.17) is 23.2 Å². The van der Waals surface area contributed by atoms with Gasteiger partial charge in [0.05, 0.1) is 11.8 Å². The Labute approximate surface area is 230 Å². The van der Waals surface area contributed by atoms with Crippen molar-refractivity contribution in [3.63, 3.8) is 0 Å². The minimum atomic E-state index is -1.32. The minimum Gasteiger partial charge on any atom is -0.274 e. The van der Waals surface area contributed by atoms with Gasteiger partial charge in [0.1, 0.15) is 16.3 Å². The van der Waals surface area contributed by atoms with Crippen molar-refractivity contribution in [1.29, 1.82) is 0 Å². The zero-order valence-electron chi connectivity index (χ0n) is 19.0. The van der Waals surface area contributed by atoms with E-state index < -0.39 is 51.8 Å². The molecule has 3 aromatic carbocycles. The highest BCUT2D eigenvalue weighted by Gasteiger charge is 2.73.